The first-order valence-electron chi connectivity index (χ1n) is 6.68. The summed E-state index contributed by atoms with van der Waals surface area (Å²) in [7, 11) is 0. The third-order valence-corrected chi connectivity index (χ3v) is 4.39. The van der Waals surface area contributed by atoms with Gasteiger partial charge in [-0.25, -0.2) is 4.79 Å². The highest BCUT2D eigenvalue weighted by Crippen LogP contribution is 2.43. The van der Waals surface area contributed by atoms with Gasteiger partial charge >= 0.3 is 11.8 Å². The van der Waals surface area contributed by atoms with Crippen LogP contribution in [0, 0.1) is 22.0 Å². The van der Waals surface area contributed by atoms with Crippen LogP contribution < -0.4 is 4.90 Å². The fourth-order valence-corrected chi connectivity index (χ4v) is 3.54. The van der Waals surface area contributed by atoms with E-state index in [1.165, 1.54) is 12.3 Å². The van der Waals surface area contributed by atoms with Crippen molar-refractivity contribution in [3.05, 3.63) is 28.4 Å². The molecule has 1 aromatic rings. The second-order valence-corrected chi connectivity index (χ2v) is 5.42. The van der Waals surface area contributed by atoms with Crippen LogP contribution in [0.2, 0.25) is 0 Å². The topological polar surface area (TPSA) is 96.6 Å². The van der Waals surface area contributed by atoms with E-state index >= 15 is 0 Å². The zero-order valence-corrected chi connectivity index (χ0v) is 10.8. The van der Waals surface area contributed by atoms with Crippen LogP contribution in [-0.4, -0.2) is 33.6 Å². The minimum absolute atomic E-state index is 0.183. The molecule has 2 heterocycles. The van der Waals surface area contributed by atoms with Gasteiger partial charge < -0.3 is 20.1 Å². The number of anilines is 1. The zero-order chi connectivity index (χ0) is 14.3. The third-order valence-electron chi connectivity index (χ3n) is 4.39. The van der Waals surface area contributed by atoms with E-state index in [0.717, 1.165) is 19.3 Å². The number of rotatable bonds is 3. The minimum Gasteiger partial charge on any atom is -0.480 e. The van der Waals surface area contributed by atoms with Crippen molar-refractivity contribution in [1.29, 1.82) is 0 Å². The smallest absolute Gasteiger partial charge is 0.363 e. The van der Waals surface area contributed by atoms with Gasteiger partial charge in [-0.2, -0.15) is 0 Å². The number of nitrogens with zero attached hydrogens (tertiary/aromatic N) is 3. The first-order valence-corrected chi connectivity index (χ1v) is 6.68. The predicted molar refractivity (Wildman–Crippen MR) is 70.5 cm³/mol. The van der Waals surface area contributed by atoms with Crippen molar-refractivity contribution in [1.82, 2.24) is 4.98 Å². The van der Waals surface area contributed by atoms with Gasteiger partial charge in [-0.05, 0) is 40.7 Å². The fraction of sp³-hybridized carbons (Fsp3) is 0.538. The molecule has 1 aliphatic carbocycles. The molecule has 3 unspecified atom stereocenters. The number of hydrogen-bond donors (Lipinski definition) is 1. The van der Waals surface area contributed by atoms with Gasteiger partial charge in [0.05, 0.1) is 5.69 Å². The van der Waals surface area contributed by atoms with E-state index in [0.29, 0.717) is 18.2 Å². The summed E-state index contributed by atoms with van der Waals surface area (Å²) in [5.74, 6) is -0.452. The molecule has 0 radical (unpaired) electrons. The first-order chi connectivity index (χ1) is 9.58. The summed E-state index contributed by atoms with van der Waals surface area (Å²) in [5.41, 5.74) is 0.650. The highest BCUT2D eigenvalue weighted by Gasteiger charge is 2.48. The van der Waals surface area contributed by atoms with Gasteiger partial charge in [0, 0.05) is 12.6 Å². The summed E-state index contributed by atoms with van der Waals surface area (Å²) in [4.78, 5) is 27.2. The molecule has 20 heavy (non-hydrogen) atoms. The third kappa shape index (κ3) is 1.99. The van der Waals surface area contributed by atoms with Crippen LogP contribution in [0.15, 0.2) is 18.3 Å². The Hall–Kier alpha value is -2.18. The van der Waals surface area contributed by atoms with Gasteiger partial charge in [0.1, 0.15) is 6.04 Å². The molecule has 1 saturated heterocycles. The van der Waals surface area contributed by atoms with Crippen LogP contribution in [0.5, 0.6) is 0 Å². The minimum atomic E-state index is -0.822. The standard InChI is InChI=1S/C13H15N3O4/c17-13(18)12-10-3-1-2-8(10)7-15(12)9-4-5-11(14-6-9)16(19)20/h4-6,8,10,12H,1-3,7H2,(H,17,18). The molecule has 0 bridgehead atoms. The van der Waals surface area contributed by atoms with Crippen molar-refractivity contribution in [2.75, 3.05) is 11.4 Å². The summed E-state index contributed by atoms with van der Waals surface area (Å²) >= 11 is 0. The molecule has 1 saturated carbocycles. The summed E-state index contributed by atoms with van der Waals surface area (Å²) in [6, 6.07) is 2.37. The summed E-state index contributed by atoms with van der Waals surface area (Å²) in [6.07, 6.45) is 4.49. The van der Waals surface area contributed by atoms with E-state index in [9.17, 15) is 20.0 Å². The second-order valence-electron chi connectivity index (χ2n) is 5.42. The lowest BCUT2D eigenvalue weighted by molar-refractivity contribution is -0.389. The van der Waals surface area contributed by atoms with Gasteiger partial charge in [-0.15, -0.1) is 0 Å². The molecule has 1 N–H and O–H groups in total. The molecule has 0 amide bonds. The maximum atomic E-state index is 11.5. The monoisotopic (exact) mass is 277 g/mol. The molecule has 7 heteroatoms. The van der Waals surface area contributed by atoms with E-state index in [1.54, 1.807) is 6.07 Å². The van der Waals surface area contributed by atoms with Crippen molar-refractivity contribution in [3.63, 3.8) is 0 Å². The summed E-state index contributed by atoms with van der Waals surface area (Å²) < 4.78 is 0. The van der Waals surface area contributed by atoms with Crippen molar-refractivity contribution in [3.8, 4) is 0 Å². The Morgan fingerprint density at radius 1 is 1.45 bits per heavy atom. The number of carbonyl (C=O) groups is 1. The lowest BCUT2D eigenvalue weighted by Gasteiger charge is -2.25. The Balaban J connectivity index is 1.88. The molecule has 3 atom stereocenters. The number of aromatic nitrogens is 1. The normalized spacial score (nSPS) is 28.4. The van der Waals surface area contributed by atoms with Crippen molar-refractivity contribution >= 4 is 17.5 Å². The van der Waals surface area contributed by atoms with Crippen molar-refractivity contribution < 1.29 is 14.8 Å². The second kappa shape index (κ2) is 4.73. The SMILES string of the molecule is O=C(O)C1C2CCCC2CN1c1ccc([N+](=O)[O-])nc1. The molecule has 0 aromatic carbocycles. The first kappa shape index (κ1) is 12.8. The highest BCUT2D eigenvalue weighted by atomic mass is 16.6. The predicted octanol–water partition coefficient (Wildman–Crippen LogP) is 1.68. The number of carboxylic acid groups (broad SMARTS) is 1. The lowest BCUT2D eigenvalue weighted by atomic mass is 9.94. The van der Waals surface area contributed by atoms with Gasteiger partial charge in [0.25, 0.3) is 0 Å². The number of nitro groups is 1. The molecular weight excluding hydrogens is 262 g/mol. The van der Waals surface area contributed by atoms with E-state index in [1.807, 2.05) is 4.90 Å². The Bertz CT molecular complexity index is 545. The molecule has 1 aromatic heterocycles. The van der Waals surface area contributed by atoms with Crippen LogP contribution in [0.25, 0.3) is 0 Å². The Kier molecular flexibility index (Phi) is 3.04. The quantitative estimate of drug-likeness (QED) is 0.667. The number of aliphatic carboxylic acids is 1. The van der Waals surface area contributed by atoms with Crippen LogP contribution >= 0.6 is 0 Å². The Labute approximate surface area is 115 Å². The maximum absolute atomic E-state index is 11.5. The summed E-state index contributed by atoms with van der Waals surface area (Å²) in [5, 5.41) is 20.1. The maximum Gasteiger partial charge on any atom is 0.363 e. The molecule has 106 valence electrons. The van der Waals surface area contributed by atoms with Gasteiger partial charge in [0.15, 0.2) is 6.20 Å². The van der Waals surface area contributed by atoms with Gasteiger partial charge in [0.2, 0.25) is 0 Å². The molecule has 1 aliphatic heterocycles. The van der Waals surface area contributed by atoms with Crippen LogP contribution in [0.1, 0.15) is 19.3 Å². The van der Waals surface area contributed by atoms with E-state index in [-0.39, 0.29) is 11.7 Å². The Morgan fingerprint density at radius 2 is 2.25 bits per heavy atom. The summed E-state index contributed by atoms with van der Waals surface area (Å²) in [6.45, 7) is 0.696. The Morgan fingerprint density at radius 3 is 2.85 bits per heavy atom. The van der Waals surface area contributed by atoms with Crippen molar-refractivity contribution in [2.45, 2.75) is 25.3 Å². The van der Waals surface area contributed by atoms with Crippen molar-refractivity contribution in [2.24, 2.45) is 11.8 Å². The average molecular weight is 277 g/mol. The van der Waals surface area contributed by atoms with Gasteiger partial charge in [-0.3, -0.25) is 0 Å². The molecule has 2 aliphatic rings. The highest BCUT2D eigenvalue weighted by molar-refractivity contribution is 5.79. The average Bonchev–Trinajstić information content (AvgIpc) is 2.97. The van der Waals surface area contributed by atoms with Crippen LogP contribution in [-0.2, 0) is 4.79 Å². The molecule has 0 spiro atoms. The van der Waals surface area contributed by atoms with Gasteiger partial charge in [-0.1, -0.05) is 6.42 Å². The number of pyridine rings is 1. The number of carboxylic acids is 1. The van der Waals surface area contributed by atoms with Crippen LogP contribution in [0.4, 0.5) is 11.5 Å². The molecule has 3 rings (SSSR count). The zero-order valence-electron chi connectivity index (χ0n) is 10.8. The number of hydrogen-bond acceptors (Lipinski definition) is 5. The van der Waals surface area contributed by atoms with Crippen LogP contribution in [0.3, 0.4) is 0 Å². The molecule has 7 nitrogen and oxygen atoms in total. The number of fused-ring (bicyclic) bond motifs is 1. The molecular formula is C13H15N3O4. The lowest BCUT2D eigenvalue weighted by Crippen LogP contribution is -2.39. The fourth-order valence-electron chi connectivity index (χ4n) is 3.54. The van der Waals surface area contributed by atoms with E-state index in [4.69, 9.17) is 0 Å². The van der Waals surface area contributed by atoms with E-state index < -0.39 is 16.9 Å². The van der Waals surface area contributed by atoms with E-state index in [2.05, 4.69) is 4.98 Å². The largest absolute Gasteiger partial charge is 0.480 e. The molecule has 2 fully saturated rings.